The van der Waals surface area contributed by atoms with Crippen molar-refractivity contribution in [3.8, 4) is 0 Å². The van der Waals surface area contributed by atoms with E-state index in [9.17, 15) is 22.8 Å². The second-order valence-electron chi connectivity index (χ2n) is 4.81. The van der Waals surface area contributed by atoms with Gasteiger partial charge >= 0.3 is 12.2 Å². The number of nitrogens with zero attached hydrogens (tertiary/aromatic N) is 1. The molecule has 9 heteroatoms. The van der Waals surface area contributed by atoms with Crippen molar-refractivity contribution >= 4 is 11.9 Å². The highest BCUT2D eigenvalue weighted by Gasteiger charge is 2.43. The molecule has 1 aliphatic rings. The van der Waals surface area contributed by atoms with Crippen LogP contribution in [0.4, 0.5) is 18.0 Å². The summed E-state index contributed by atoms with van der Waals surface area (Å²) in [4.78, 5) is 23.3. The predicted octanol–water partition coefficient (Wildman–Crippen LogP) is 0.354. The third-order valence-corrected chi connectivity index (χ3v) is 3.03. The summed E-state index contributed by atoms with van der Waals surface area (Å²) in [5, 5.41) is 4.32. The molecule has 0 bridgehead atoms. The first-order valence-electron chi connectivity index (χ1n) is 6.48. The fourth-order valence-electron chi connectivity index (χ4n) is 2.16. The Bertz CT molecular complexity index is 423. The molecule has 0 spiro atoms. The summed E-state index contributed by atoms with van der Waals surface area (Å²) in [7, 11) is 0. The molecule has 3 amide bonds. The summed E-state index contributed by atoms with van der Waals surface area (Å²) in [6, 6.07) is -2.64. The Labute approximate surface area is 120 Å². The molecule has 0 fully saturated rings. The number of carbonyl (C=O) groups excluding carboxylic acids is 2. The second-order valence-corrected chi connectivity index (χ2v) is 4.81. The van der Waals surface area contributed by atoms with Crippen LogP contribution in [0.3, 0.4) is 0 Å². The van der Waals surface area contributed by atoms with Crippen molar-refractivity contribution in [1.82, 2.24) is 15.5 Å². The number of nitrogens with two attached hydrogens (primary N) is 1. The van der Waals surface area contributed by atoms with E-state index in [-0.39, 0.29) is 18.7 Å². The van der Waals surface area contributed by atoms with Crippen LogP contribution in [0.1, 0.15) is 13.3 Å². The first kappa shape index (κ1) is 17.3. The quantitative estimate of drug-likeness (QED) is 0.641. The van der Waals surface area contributed by atoms with Crippen LogP contribution >= 0.6 is 0 Å². The zero-order valence-electron chi connectivity index (χ0n) is 11.7. The third-order valence-electron chi connectivity index (χ3n) is 3.03. The highest BCUT2D eigenvalue weighted by atomic mass is 19.4. The van der Waals surface area contributed by atoms with Gasteiger partial charge in [0.05, 0.1) is 0 Å². The SMILES string of the molecule is CC(=O)NC(C1=CCCN(CCNC(N)=O)C1)C(F)(F)F. The number of carbonyl (C=O) groups is 2. The number of nitrogens with one attached hydrogen (secondary N) is 2. The lowest BCUT2D eigenvalue weighted by Gasteiger charge is -2.32. The second kappa shape index (κ2) is 7.30. The number of urea groups is 1. The first-order valence-corrected chi connectivity index (χ1v) is 6.48. The van der Waals surface area contributed by atoms with Crippen LogP contribution in [0.2, 0.25) is 0 Å². The summed E-state index contributed by atoms with van der Waals surface area (Å²) in [5.41, 5.74) is 5.03. The molecule has 120 valence electrons. The van der Waals surface area contributed by atoms with Crippen LogP contribution in [0, 0.1) is 0 Å². The van der Waals surface area contributed by atoms with Crippen LogP contribution in [0.15, 0.2) is 11.6 Å². The van der Waals surface area contributed by atoms with E-state index in [4.69, 9.17) is 5.73 Å². The van der Waals surface area contributed by atoms with Gasteiger partial charge in [-0.3, -0.25) is 9.69 Å². The minimum atomic E-state index is -4.54. The molecule has 1 aliphatic heterocycles. The van der Waals surface area contributed by atoms with Gasteiger partial charge in [0.15, 0.2) is 0 Å². The van der Waals surface area contributed by atoms with Gasteiger partial charge in [0.2, 0.25) is 5.91 Å². The molecule has 6 nitrogen and oxygen atoms in total. The van der Waals surface area contributed by atoms with Crippen molar-refractivity contribution in [1.29, 1.82) is 0 Å². The first-order chi connectivity index (χ1) is 9.70. The average molecular weight is 308 g/mol. The Kier molecular flexibility index (Phi) is 6.01. The lowest BCUT2D eigenvalue weighted by molar-refractivity contribution is -0.154. The van der Waals surface area contributed by atoms with Crippen molar-refractivity contribution in [2.75, 3.05) is 26.2 Å². The van der Waals surface area contributed by atoms with E-state index < -0.39 is 24.2 Å². The van der Waals surface area contributed by atoms with Gasteiger partial charge in [-0.15, -0.1) is 0 Å². The molecule has 1 heterocycles. The molecular formula is C12H19F3N4O2. The number of alkyl halides is 3. The fourth-order valence-corrected chi connectivity index (χ4v) is 2.16. The molecule has 0 radical (unpaired) electrons. The standard InChI is InChI=1S/C12H19F3N4O2/c1-8(20)18-10(12(13,14)15)9-3-2-5-19(7-9)6-4-17-11(16)21/h3,10H,2,4-7H2,1H3,(H,18,20)(H3,16,17,21). The van der Waals surface area contributed by atoms with Crippen molar-refractivity contribution in [3.63, 3.8) is 0 Å². The number of halogens is 3. The summed E-state index contributed by atoms with van der Waals surface area (Å²) in [6.07, 6.45) is -2.57. The van der Waals surface area contributed by atoms with Crippen LogP contribution in [-0.4, -0.2) is 55.2 Å². The molecule has 1 atom stereocenters. The molecular weight excluding hydrogens is 289 g/mol. The monoisotopic (exact) mass is 308 g/mol. The predicted molar refractivity (Wildman–Crippen MR) is 70.4 cm³/mol. The van der Waals surface area contributed by atoms with Gasteiger partial charge in [-0.1, -0.05) is 6.08 Å². The smallest absolute Gasteiger partial charge is 0.352 e. The molecule has 0 saturated heterocycles. The molecule has 1 unspecified atom stereocenters. The van der Waals surface area contributed by atoms with E-state index in [0.29, 0.717) is 19.5 Å². The van der Waals surface area contributed by atoms with E-state index in [2.05, 4.69) is 5.32 Å². The van der Waals surface area contributed by atoms with Crippen molar-refractivity contribution in [2.45, 2.75) is 25.6 Å². The molecule has 0 aromatic carbocycles. The Hall–Kier alpha value is -1.77. The Morgan fingerprint density at radius 1 is 1.48 bits per heavy atom. The summed E-state index contributed by atoms with van der Waals surface area (Å²) >= 11 is 0. The Morgan fingerprint density at radius 3 is 2.67 bits per heavy atom. The van der Waals surface area contributed by atoms with Gasteiger partial charge in [-0.05, 0) is 12.0 Å². The molecule has 21 heavy (non-hydrogen) atoms. The maximum Gasteiger partial charge on any atom is 0.412 e. The summed E-state index contributed by atoms with van der Waals surface area (Å²) in [6.45, 7) is 2.39. The van der Waals surface area contributed by atoms with Gasteiger partial charge in [-0.2, -0.15) is 13.2 Å². The van der Waals surface area contributed by atoms with Gasteiger partial charge in [0, 0.05) is 33.1 Å². The van der Waals surface area contributed by atoms with Crippen LogP contribution in [0.25, 0.3) is 0 Å². The molecule has 0 aromatic rings. The normalized spacial score (nSPS) is 17.8. The summed E-state index contributed by atoms with van der Waals surface area (Å²) < 4.78 is 39.0. The number of rotatable bonds is 5. The van der Waals surface area contributed by atoms with Gasteiger partial charge in [-0.25, -0.2) is 4.79 Å². The lowest BCUT2D eigenvalue weighted by Crippen LogP contribution is -2.50. The van der Waals surface area contributed by atoms with E-state index >= 15 is 0 Å². The minimum Gasteiger partial charge on any atom is -0.352 e. The van der Waals surface area contributed by atoms with E-state index in [0.717, 1.165) is 6.92 Å². The number of primary amides is 1. The molecule has 0 saturated carbocycles. The number of amides is 3. The van der Waals surface area contributed by atoms with Gasteiger partial charge in [0.1, 0.15) is 6.04 Å². The highest BCUT2D eigenvalue weighted by molar-refractivity contribution is 5.73. The van der Waals surface area contributed by atoms with Crippen LogP contribution in [0.5, 0.6) is 0 Å². The third kappa shape index (κ3) is 6.03. The Morgan fingerprint density at radius 2 is 2.14 bits per heavy atom. The fraction of sp³-hybridized carbons (Fsp3) is 0.667. The molecule has 0 aromatic heterocycles. The van der Waals surface area contributed by atoms with Crippen molar-refractivity contribution in [3.05, 3.63) is 11.6 Å². The highest BCUT2D eigenvalue weighted by Crippen LogP contribution is 2.27. The van der Waals surface area contributed by atoms with Crippen molar-refractivity contribution in [2.24, 2.45) is 5.73 Å². The average Bonchev–Trinajstić information content (AvgIpc) is 2.34. The molecule has 0 aliphatic carbocycles. The van der Waals surface area contributed by atoms with Crippen molar-refractivity contribution < 1.29 is 22.8 Å². The maximum atomic E-state index is 13.0. The van der Waals surface area contributed by atoms with Crippen LogP contribution < -0.4 is 16.4 Å². The number of hydrogen-bond donors (Lipinski definition) is 3. The topological polar surface area (TPSA) is 87.5 Å². The van der Waals surface area contributed by atoms with Crippen LogP contribution in [-0.2, 0) is 4.79 Å². The van der Waals surface area contributed by atoms with Gasteiger partial charge in [0.25, 0.3) is 0 Å². The summed E-state index contributed by atoms with van der Waals surface area (Å²) in [5.74, 6) is -0.731. The van der Waals surface area contributed by atoms with E-state index in [1.165, 1.54) is 6.08 Å². The maximum absolute atomic E-state index is 13.0. The Balaban J connectivity index is 2.65. The van der Waals surface area contributed by atoms with E-state index in [1.807, 2.05) is 5.32 Å². The lowest BCUT2D eigenvalue weighted by atomic mass is 10.0. The zero-order valence-corrected chi connectivity index (χ0v) is 11.7. The van der Waals surface area contributed by atoms with E-state index in [1.54, 1.807) is 4.90 Å². The minimum absolute atomic E-state index is 0.0882. The number of hydrogen-bond acceptors (Lipinski definition) is 3. The van der Waals surface area contributed by atoms with Gasteiger partial charge < -0.3 is 16.4 Å². The largest absolute Gasteiger partial charge is 0.412 e. The zero-order chi connectivity index (χ0) is 16.0. The molecule has 4 N–H and O–H groups in total. The molecule has 1 rings (SSSR count).